The number of piperazine rings is 1. The van der Waals surface area contributed by atoms with Gasteiger partial charge in [0, 0.05) is 56.3 Å². The Morgan fingerprint density at radius 3 is 2.61 bits per heavy atom. The normalized spacial score (nSPS) is 14.9. The lowest BCUT2D eigenvalue weighted by molar-refractivity contribution is -0.133. The van der Waals surface area contributed by atoms with Gasteiger partial charge in [0.25, 0.3) is 5.91 Å². The molecule has 2 aromatic rings. The van der Waals surface area contributed by atoms with Gasteiger partial charge in [-0.3, -0.25) is 14.5 Å². The molecule has 0 saturated carbocycles. The summed E-state index contributed by atoms with van der Waals surface area (Å²) in [6.07, 6.45) is 2.38. The molecular weight excluding hydrogens is 385 g/mol. The lowest BCUT2D eigenvalue weighted by Crippen LogP contribution is -2.48. The predicted octanol–water partition coefficient (Wildman–Crippen LogP) is 2.93. The number of furan rings is 1. The number of hydrogen-bond donors (Lipinski definition) is 1. The quantitative estimate of drug-likeness (QED) is 0.717. The monoisotopic (exact) mass is 407 g/mol. The first-order valence-electron chi connectivity index (χ1n) is 9.29. The molecule has 0 unspecified atom stereocenters. The number of rotatable bonds is 7. The second kappa shape index (κ2) is 9.71. The van der Waals surface area contributed by atoms with Crippen LogP contribution in [0.1, 0.15) is 29.0 Å². The smallest absolute Gasteiger partial charge is 0.286 e. The fourth-order valence-electron chi connectivity index (χ4n) is 3.16. The minimum absolute atomic E-state index is 0.0656. The van der Waals surface area contributed by atoms with Crippen molar-refractivity contribution >= 4 is 23.4 Å². The highest BCUT2D eigenvalue weighted by Crippen LogP contribution is 2.21. The molecule has 0 atom stereocenters. The summed E-state index contributed by atoms with van der Waals surface area (Å²) < 4.78 is 18.9. The number of nitrogens with zero attached hydrogens (tertiary/aromatic N) is 2. The summed E-state index contributed by atoms with van der Waals surface area (Å²) in [6, 6.07) is 7.93. The third-order valence-corrected chi connectivity index (χ3v) is 5.12. The SMILES string of the molecule is O=C(NCCCC(=O)N1CCN(Cc2c(F)cccc2Cl)CC1)c1ccco1. The third kappa shape index (κ3) is 5.33. The molecular formula is C20H23ClFN3O3. The van der Waals surface area contributed by atoms with Gasteiger partial charge in [0.2, 0.25) is 5.91 Å². The highest BCUT2D eigenvalue weighted by molar-refractivity contribution is 6.31. The number of carbonyl (C=O) groups excluding carboxylic acids is 2. The second-order valence-electron chi connectivity index (χ2n) is 6.69. The van der Waals surface area contributed by atoms with Gasteiger partial charge >= 0.3 is 0 Å². The second-order valence-corrected chi connectivity index (χ2v) is 7.10. The molecule has 1 saturated heterocycles. The van der Waals surface area contributed by atoms with E-state index in [1.54, 1.807) is 24.3 Å². The van der Waals surface area contributed by atoms with Crippen LogP contribution >= 0.6 is 11.6 Å². The van der Waals surface area contributed by atoms with E-state index in [1.807, 2.05) is 4.90 Å². The predicted molar refractivity (Wildman–Crippen MR) is 104 cm³/mol. The fraction of sp³-hybridized carbons (Fsp3) is 0.400. The van der Waals surface area contributed by atoms with E-state index in [0.29, 0.717) is 62.7 Å². The van der Waals surface area contributed by atoms with Crippen molar-refractivity contribution in [3.05, 3.63) is 58.8 Å². The minimum atomic E-state index is -0.303. The zero-order chi connectivity index (χ0) is 19.9. The van der Waals surface area contributed by atoms with E-state index in [4.69, 9.17) is 16.0 Å². The Labute approximate surface area is 168 Å². The summed E-state index contributed by atoms with van der Waals surface area (Å²) in [5.74, 6) is -0.256. The Hall–Kier alpha value is -2.38. The summed E-state index contributed by atoms with van der Waals surface area (Å²) in [5.41, 5.74) is 0.497. The molecule has 1 aliphatic heterocycles. The molecule has 2 heterocycles. The van der Waals surface area contributed by atoms with Crippen LogP contribution in [0.2, 0.25) is 5.02 Å². The van der Waals surface area contributed by atoms with Crippen LogP contribution in [-0.4, -0.2) is 54.3 Å². The van der Waals surface area contributed by atoms with Crippen LogP contribution in [0.15, 0.2) is 41.0 Å². The lowest BCUT2D eigenvalue weighted by Gasteiger charge is -2.35. The Bertz CT molecular complexity index is 785. The van der Waals surface area contributed by atoms with Crippen LogP contribution in [0.3, 0.4) is 0 Å². The highest BCUT2D eigenvalue weighted by Gasteiger charge is 2.22. The summed E-state index contributed by atoms with van der Waals surface area (Å²) in [5, 5.41) is 3.15. The lowest BCUT2D eigenvalue weighted by atomic mass is 10.1. The van der Waals surface area contributed by atoms with Crippen molar-refractivity contribution in [1.82, 2.24) is 15.1 Å². The highest BCUT2D eigenvalue weighted by atomic mass is 35.5. The van der Waals surface area contributed by atoms with Gasteiger partial charge in [-0.1, -0.05) is 17.7 Å². The van der Waals surface area contributed by atoms with E-state index in [0.717, 1.165) is 0 Å². The van der Waals surface area contributed by atoms with Crippen LogP contribution in [0, 0.1) is 5.82 Å². The third-order valence-electron chi connectivity index (χ3n) is 4.77. The molecule has 1 fully saturated rings. The van der Waals surface area contributed by atoms with Crippen molar-refractivity contribution in [3.63, 3.8) is 0 Å². The van der Waals surface area contributed by atoms with E-state index in [-0.39, 0.29) is 23.4 Å². The molecule has 1 N–H and O–H groups in total. The van der Waals surface area contributed by atoms with Gasteiger partial charge in [0.15, 0.2) is 5.76 Å². The van der Waals surface area contributed by atoms with Gasteiger partial charge in [-0.15, -0.1) is 0 Å². The van der Waals surface area contributed by atoms with Gasteiger partial charge in [-0.25, -0.2) is 4.39 Å². The minimum Gasteiger partial charge on any atom is -0.459 e. The molecule has 3 rings (SSSR count). The van der Waals surface area contributed by atoms with Crippen molar-refractivity contribution in [2.75, 3.05) is 32.7 Å². The van der Waals surface area contributed by atoms with Crippen LogP contribution in [0.4, 0.5) is 4.39 Å². The first kappa shape index (κ1) is 20.4. The maximum Gasteiger partial charge on any atom is 0.286 e. The summed E-state index contributed by atoms with van der Waals surface area (Å²) in [6.45, 7) is 3.40. The molecule has 2 amide bonds. The molecule has 8 heteroatoms. The van der Waals surface area contributed by atoms with E-state index in [9.17, 15) is 14.0 Å². The van der Waals surface area contributed by atoms with Crippen LogP contribution in [-0.2, 0) is 11.3 Å². The summed E-state index contributed by atoms with van der Waals surface area (Å²) in [4.78, 5) is 28.0. The molecule has 6 nitrogen and oxygen atoms in total. The number of benzene rings is 1. The van der Waals surface area contributed by atoms with E-state index < -0.39 is 0 Å². The van der Waals surface area contributed by atoms with Crippen LogP contribution in [0.25, 0.3) is 0 Å². The van der Waals surface area contributed by atoms with E-state index >= 15 is 0 Å². The Balaban J connectivity index is 1.36. The molecule has 0 spiro atoms. The molecule has 1 aliphatic rings. The fourth-order valence-corrected chi connectivity index (χ4v) is 3.38. The Morgan fingerprint density at radius 2 is 1.93 bits per heavy atom. The topological polar surface area (TPSA) is 65.8 Å². The number of hydrogen-bond acceptors (Lipinski definition) is 4. The number of carbonyl (C=O) groups is 2. The maximum absolute atomic E-state index is 13.9. The van der Waals surface area contributed by atoms with Crippen LogP contribution < -0.4 is 5.32 Å². The van der Waals surface area contributed by atoms with Gasteiger partial charge in [0.05, 0.1) is 6.26 Å². The first-order chi connectivity index (χ1) is 13.5. The van der Waals surface area contributed by atoms with E-state index in [2.05, 4.69) is 10.2 Å². The zero-order valence-corrected chi connectivity index (χ0v) is 16.3. The van der Waals surface area contributed by atoms with E-state index in [1.165, 1.54) is 12.3 Å². The average Bonchev–Trinajstić information content (AvgIpc) is 3.23. The first-order valence-corrected chi connectivity index (χ1v) is 9.67. The van der Waals surface area contributed by atoms with Crippen molar-refractivity contribution in [2.24, 2.45) is 0 Å². The van der Waals surface area contributed by atoms with Crippen molar-refractivity contribution in [3.8, 4) is 0 Å². The van der Waals surface area contributed by atoms with Crippen molar-refractivity contribution < 1.29 is 18.4 Å². The number of nitrogens with one attached hydrogen (secondary N) is 1. The van der Waals surface area contributed by atoms with Gasteiger partial charge in [-0.05, 0) is 30.7 Å². The van der Waals surface area contributed by atoms with Crippen LogP contribution in [0.5, 0.6) is 0 Å². The van der Waals surface area contributed by atoms with Gasteiger partial charge in [-0.2, -0.15) is 0 Å². The molecule has 0 aliphatic carbocycles. The van der Waals surface area contributed by atoms with Gasteiger partial charge < -0.3 is 14.6 Å². The van der Waals surface area contributed by atoms with Crippen molar-refractivity contribution in [1.29, 1.82) is 0 Å². The zero-order valence-electron chi connectivity index (χ0n) is 15.5. The standard InChI is InChI=1S/C20H23ClFN3O3/c21-16-4-1-5-17(22)15(16)14-24-9-11-25(12-10-24)19(26)7-2-8-23-20(27)18-6-3-13-28-18/h1,3-6,13H,2,7-12,14H2,(H,23,27). The molecule has 150 valence electrons. The molecule has 1 aromatic heterocycles. The Kier molecular flexibility index (Phi) is 7.06. The van der Waals surface area contributed by atoms with Gasteiger partial charge in [0.1, 0.15) is 5.82 Å². The summed E-state index contributed by atoms with van der Waals surface area (Å²) >= 11 is 6.09. The molecule has 1 aromatic carbocycles. The maximum atomic E-state index is 13.9. The number of amides is 2. The largest absolute Gasteiger partial charge is 0.459 e. The average molecular weight is 408 g/mol. The summed E-state index contributed by atoms with van der Waals surface area (Å²) in [7, 11) is 0. The molecule has 0 radical (unpaired) electrons. The van der Waals surface area contributed by atoms with Crippen molar-refractivity contribution in [2.45, 2.75) is 19.4 Å². The molecule has 0 bridgehead atoms. The number of halogens is 2. The Morgan fingerprint density at radius 1 is 1.14 bits per heavy atom. The molecule has 28 heavy (non-hydrogen) atoms.